The fourth-order valence-corrected chi connectivity index (χ4v) is 4.48. The van der Waals surface area contributed by atoms with Gasteiger partial charge < -0.3 is 19.4 Å². The molecule has 1 N–H and O–H groups in total. The summed E-state index contributed by atoms with van der Waals surface area (Å²) >= 11 is 0. The van der Waals surface area contributed by atoms with Crippen molar-refractivity contribution in [3.05, 3.63) is 47.6 Å². The number of carbonyl (C=O) groups is 1. The Morgan fingerprint density at radius 2 is 2.12 bits per heavy atom. The first kappa shape index (κ1) is 23.4. The first-order chi connectivity index (χ1) is 16.1. The van der Waals surface area contributed by atoms with E-state index in [1.54, 1.807) is 7.11 Å². The van der Waals surface area contributed by atoms with Crippen LogP contribution in [0.2, 0.25) is 0 Å². The van der Waals surface area contributed by atoms with Crippen molar-refractivity contribution in [2.75, 3.05) is 40.0 Å². The van der Waals surface area contributed by atoms with Gasteiger partial charge in [0.05, 0.1) is 25.7 Å². The molecule has 178 valence electrons. The maximum atomic E-state index is 12.8. The van der Waals surface area contributed by atoms with E-state index in [1.165, 1.54) is 0 Å². The molecule has 1 aromatic carbocycles. The zero-order valence-corrected chi connectivity index (χ0v) is 19.9. The third kappa shape index (κ3) is 5.62. The molecule has 0 aliphatic carbocycles. The maximum absolute atomic E-state index is 12.8. The van der Waals surface area contributed by atoms with E-state index < -0.39 is 0 Å². The van der Waals surface area contributed by atoms with Crippen molar-refractivity contribution in [3.63, 3.8) is 0 Å². The zero-order chi connectivity index (χ0) is 23.2. The van der Waals surface area contributed by atoms with Crippen molar-refractivity contribution in [2.24, 2.45) is 11.8 Å². The molecule has 33 heavy (non-hydrogen) atoms. The molecule has 0 bridgehead atoms. The number of benzene rings is 1. The molecule has 1 aromatic heterocycles. The molecular formula is C25H35N5O3. The first-order valence-corrected chi connectivity index (χ1v) is 11.9. The van der Waals surface area contributed by atoms with Crippen LogP contribution in [0, 0.1) is 11.8 Å². The van der Waals surface area contributed by atoms with Gasteiger partial charge in [-0.25, -0.2) is 0 Å². The van der Waals surface area contributed by atoms with Crippen LogP contribution in [0.25, 0.3) is 6.08 Å². The Morgan fingerprint density at radius 3 is 2.88 bits per heavy atom. The zero-order valence-electron chi connectivity index (χ0n) is 19.9. The summed E-state index contributed by atoms with van der Waals surface area (Å²) in [5, 5.41) is 12.2. The van der Waals surface area contributed by atoms with Crippen molar-refractivity contribution in [1.82, 2.24) is 25.0 Å². The minimum Gasteiger partial charge on any atom is -0.496 e. The van der Waals surface area contributed by atoms with Crippen LogP contribution in [0.5, 0.6) is 5.75 Å². The third-order valence-electron chi connectivity index (χ3n) is 6.49. The van der Waals surface area contributed by atoms with Gasteiger partial charge in [0.2, 0.25) is 5.91 Å². The smallest absolute Gasteiger partial charge is 0.226 e. The Labute approximate surface area is 196 Å². The van der Waals surface area contributed by atoms with Crippen LogP contribution < -0.4 is 10.1 Å². The number of nitrogens with one attached hydrogen (secondary N) is 1. The molecule has 4 rings (SSSR count). The third-order valence-corrected chi connectivity index (χ3v) is 6.49. The second-order valence-electron chi connectivity index (χ2n) is 9.11. The summed E-state index contributed by atoms with van der Waals surface area (Å²) in [5.41, 5.74) is 1.08. The van der Waals surface area contributed by atoms with Crippen LogP contribution in [0.15, 0.2) is 30.3 Å². The molecule has 1 amide bonds. The van der Waals surface area contributed by atoms with Crippen molar-refractivity contribution < 1.29 is 14.3 Å². The van der Waals surface area contributed by atoms with E-state index in [4.69, 9.17) is 9.47 Å². The van der Waals surface area contributed by atoms with Gasteiger partial charge in [0.15, 0.2) is 5.82 Å². The monoisotopic (exact) mass is 453 g/mol. The second kappa shape index (κ2) is 10.9. The molecule has 0 saturated carbocycles. The number of aromatic nitrogens is 3. The van der Waals surface area contributed by atoms with Gasteiger partial charge in [-0.3, -0.25) is 9.69 Å². The lowest BCUT2D eigenvalue weighted by molar-refractivity contribution is -0.126. The predicted octanol–water partition coefficient (Wildman–Crippen LogP) is 2.71. The molecule has 8 heteroatoms. The number of hydrogen-bond acceptors (Lipinski definition) is 6. The van der Waals surface area contributed by atoms with Crippen molar-refractivity contribution >= 4 is 12.0 Å². The Bertz CT molecular complexity index is 965. The lowest BCUT2D eigenvalue weighted by Crippen LogP contribution is -2.38. The normalized spacial score (nSPS) is 20.1. The number of amides is 1. The topological polar surface area (TPSA) is 81.5 Å². The van der Waals surface area contributed by atoms with Crippen LogP contribution in [0.3, 0.4) is 0 Å². The maximum Gasteiger partial charge on any atom is 0.226 e. The summed E-state index contributed by atoms with van der Waals surface area (Å²) in [4.78, 5) is 15.2. The highest BCUT2D eigenvalue weighted by Crippen LogP contribution is 2.24. The number of hydrogen-bond donors (Lipinski definition) is 1. The Hall–Kier alpha value is -2.71. The van der Waals surface area contributed by atoms with E-state index >= 15 is 0 Å². The molecule has 0 radical (unpaired) electrons. The first-order valence-electron chi connectivity index (χ1n) is 11.9. The summed E-state index contributed by atoms with van der Waals surface area (Å²) in [6.07, 6.45) is 5.93. The number of rotatable bonds is 8. The number of nitrogens with zero attached hydrogens (tertiary/aromatic N) is 4. The van der Waals surface area contributed by atoms with Gasteiger partial charge in [-0.1, -0.05) is 44.2 Å². The fourth-order valence-electron chi connectivity index (χ4n) is 4.48. The Balaban J connectivity index is 1.40. The lowest BCUT2D eigenvalue weighted by atomic mass is 10.0. The molecular weight excluding hydrogens is 418 g/mol. The standard InChI is InChI=1S/C25H35N5O3/c1-18(2)23(26-25(31)20-11-16-33-17-20)24-28-27-22-10-13-29(14-15-30(22)24)12-6-8-19-7-4-5-9-21(19)32-3/h4-9,18,20,23H,10-17H2,1-3H3,(H,26,31)/b8-6+/t20-,23-/m1/s1. The van der Waals surface area contributed by atoms with Gasteiger partial charge in [-0.15, -0.1) is 10.2 Å². The SMILES string of the molecule is COc1ccccc1/C=C/CN1CCc2nnc([C@H](NC(=O)[C@@H]3CCOC3)C(C)C)n2CC1. The number of fused-ring (bicyclic) bond motifs is 1. The van der Waals surface area contributed by atoms with E-state index in [2.05, 4.69) is 57.0 Å². The van der Waals surface area contributed by atoms with Gasteiger partial charge in [0, 0.05) is 44.8 Å². The average Bonchev–Trinajstić information content (AvgIpc) is 3.45. The molecule has 0 spiro atoms. The van der Waals surface area contributed by atoms with Crippen LogP contribution in [-0.2, 0) is 22.5 Å². The molecule has 0 unspecified atom stereocenters. The Morgan fingerprint density at radius 1 is 1.27 bits per heavy atom. The quantitative estimate of drug-likeness (QED) is 0.662. The highest BCUT2D eigenvalue weighted by atomic mass is 16.5. The number of methoxy groups -OCH3 is 1. The van der Waals surface area contributed by atoms with E-state index in [0.29, 0.717) is 13.2 Å². The summed E-state index contributed by atoms with van der Waals surface area (Å²) < 4.78 is 13.0. The number of carbonyl (C=O) groups excluding carboxylic acids is 1. The highest BCUT2D eigenvalue weighted by molar-refractivity contribution is 5.79. The molecule has 2 aliphatic heterocycles. The largest absolute Gasteiger partial charge is 0.496 e. The van der Waals surface area contributed by atoms with Crippen LogP contribution in [0.4, 0.5) is 0 Å². The van der Waals surface area contributed by atoms with Gasteiger partial charge in [0.25, 0.3) is 0 Å². The molecule has 2 atom stereocenters. The molecule has 3 heterocycles. The van der Waals surface area contributed by atoms with E-state index in [-0.39, 0.29) is 23.8 Å². The minimum atomic E-state index is -0.156. The minimum absolute atomic E-state index is 0.0558. The van der Waals surface area contributed by atoms with Gasteiger partial charge >= 0.3 is 0 Å². The Kier molecular flexibility index (Phi) is 7.77. The summed E-state index contributed by atoms with van der Waals surface area (Å²) in [7, 11) is 1.70. The highest BCUT2D eigenvalue weighted by Gasteiger charge is 2.31. The molecule has 2 aliphatic rings. The van der Waals surface area contributed by atoms with Crippen LogP contribution in [0.1, 0.15) is 43.5 Å². The van der Waals surface area contributed by atoms with Crippen molar-refractivity contribution in [1.29, 1.82) is 0 Å². The summed E-state index contributed by atoms with van der Waals surface area (Å²) in [6, 6.07) is 7.88. The van der Waals surface area contributed by atoms with Gasteiger partial charge in [0.1, 0.15) is 11.6 Å². The van der Waals surface area contributed by atoms with Crippen molar-refractivity contribution in [3.8, 4) is 5.75 Å². The van der Waals surface area contributed by atoms with E-state index in [0.717, 1.165) is 62.0 Å². The van der Waals surface area contributed by atoms with Crippen molar-refractivity contribution in [2.45, 2.75) is 39.3 Å². The molecule has 1 saturated heterocycles. The number of para-hydroxylation sites is 1. The molecule has 2 aromatic rings. The van der Waals surface area contributed by atoms with Crippen LogP contribution >= 0.6 is 0 Å². The van der Waals surface area contributed by atoms with E-state index in [1.807, 2.05) is 18.2 Å². The molecule has 1 fully saturated rings. The molecule has 8 nitrogen and oxygen atoms in total. The fraction of sp³-hybridized carbons (Fsp3) is 0.560. The van der Waals surface area contributed by atoms with Gasteiger partial charge in [-0.05, 0) is 18.4 Å². The lowest BCUT2D eigenvalue weighted by Gasteiger charge is -2.24. The van der Waals surface area contributed by atoms with Gasteiger partial charge in [-0.2, -0.15) is 0 Å². The van der Waals surface area contributed by atoms with E-state index in [9.17, 15) is 4.79 Å². The second-order valence-corrected chi connectivity index (χ2v) is 9.11. The predicted molar refractivity (Wildman–Crippen MR) is 127 cm³/mol. The average molecular weight is 454 g/mol. The van der Waals surface area contributed by atoms with Crippen LogP contribution in [-0.4, -0.2) is 65.5 Å². The summed E-state index contributed by atoms with van der Waals surface area (Å²) in [6.45, 7) is 8.89. The number of ether oxygens (including phenoxy) is 2. The summed E-state index contributed by atoms with van der Waals surface area (Å²) in [5.74, 6) is 2.94.